The van der Waals surface area contributed by atoms with Crippen molar-refractivity contribution in [3.63, 3.8) is 0 Å². The average molecular weight is 497 g/mol. The van der Waals surface area contributed by atoms with Crippen LogP contribution in [0.5, 0.6) is 0 Å². The van der Waals surface area contributed by atoms with Crippen LogP contribution >= 0.6 is 0 Å². The molecule has 0 saturated carbocycles. The fourth-order valence-electron chi connectivity index (χ4n) is 4.13. The molecule has 8 heteroatoms. The molecule has 180 valence electrons. The number of rotatable bonds is 7. The molecule has 2 N–H and O–H groups in total. The largest absolute Gasteiger partial charge is 0.359 e. The molecule has 7 nitrogen and oxygen atoms in total. The van der Waals surface area contributed by atoms with E-state index in [0.29, 0.717) is 18.0 Å². The summed E-state index contributed by atoms with van der Waals surface area (Å²) in [4.78, 5) is 17.7. The zero-order valence-electron chi connectivity index (χ0n) is 19.5. The summed E-state index contributed by atoms with van der Waals surface area (Å²) in [6.07, 6.45) is 0. The predicted molar refractivity (Wildman–Crippen MR) is 141 cm³/mol. The van der Waals surface area contributed by atoms with E-state index in [1.807, 2.05) is 28.8 Å². The lowest BCUT2D eigenvalue weighted by Gasteiger charge is -2.10. The van der Waals surface area contributed by atoms with Crippen LogP contribution in [0.3, 0.4) is 0 Å². The Hall–Kier alpha value is -4.43. The van der Waals surface area contributed by atoms with Gasteiger partial charge in [-0.25, -0.2) is 18.1 Å². The van der Waals surface area contributed by atoms with Gasteiger partial charge >= 0.3 is 0 Å². The Morgan fingerprint density at radius 3 is 2.11 bits per heavy atom. The number of sulfonamides is 1. The van der Waals surface area contributed by atoms with Crippen LogP contribution in [-0.4, -0.2) is 30.9 Å². The number of nitrogens with one attached hydrogen (secondary N) is 2. The van der Waals surface area contributed by atoms with Gasteiger partial charge in [-0.2, -0.15) is 0 Å². The van der Waals surface area contributed by atoms with Crippen LogP contribution in [0.1, 0.15) is 15.9 Å². The zero-order valence-corrected chi connectivity index (χ0v) is 20.4. The van der Waals surface area contributed by atoms with Crippen molar-refractivity contribution < 1.29 is 13.2 Å². The van der Waals surface area contributed by atoms with Gasteiger partial charge in [0.05, 0.1) is 22.5 Å². The fourth-order valence-corrected chi connectivity index (χ4v) is 5.12. The monoisotopic (exact) mass is 496 g/mol. The van der Waals surface area contributed by atoms with Gasteiger partial charge in [0.1, 0.15) is 5.52 Å². The van der Waals surface area contributed by atoms with Crippen LogP contribution in [0.4, 0.5) is 5.95 Å². The first-order valence-electron chi connectivity index (χ1n) is 11.4. The Morgan fingerprint density at radius 2 is 1.44 bits per heavy atom. The minimum Gasteiger partial charge on any atom is -0.359 e. The molecular formula is C28H24N4O3S. The molecule has 0 spiro atoms. The molecule has 0 fully saturated rings. The quantitative estimate of drug-likeness (QED) is 0.334. The minimum absolute atomic E-state index is 0.0194. The molecule has 0 radical (unpaired) electrons. The normalized spacial score (nSPS) is 11.4. The van der Waals surface area contributed by atoms with Crippen molar-refractivity contribution in [2.45, 2.75) is 11.4 Å². The van der Waals surface area contributed by atoms with Gasteiger partial charge in [-0.3, -0.25) is 4.79 Å². The van der Waals surface area contributed by atoms with Gasteiger partial charge in [0, 0.05) is 7.05 Å². The van der Waals surface area contributed by atoms with Crippen molar-refractivity contribution in [2.24, 2.45) is 0 Å². The molecule has 1 amide bonds. The van der Waals surface area contributed by atoms with Crippen LogP contribution in [0.25, 0.3) is 22.2 Å². The Labute approximate surface area is 209 Å². The van der Waals surface area contributed by atoms with E-state index in [4.69, 9.17) is 0 Å². The Kier molecular flexibility index (Phi) is 6.26. The van der Waals surface area contributed by atoms with Gasteiger partial charge in [0.25, 0.3) is 15.9 Å². The van der Waals surface area contributed by atoms with Gasteiger partial charge < -0.3 is 9.88 Å². The van der Waals surface area contributed by atoms with Crippen molar-refractivity contribution >= 4 is 32.9 Å². The highest BCUT2D eigenvalue weighted by molar-refractivity contribution is 7.90. The number of carbonyl (C=O) groups excluding carboxylic acids is 1. The molecule has 0 bridgehead atoms. The van der Waals surface area contributed by atoms with Gasteiger partial charge in [-0.15, -0.1) is 0 Å². The summed E-state index contributed by atoms with van der Waals surface area (Å²) in [7, 11) is -2.25. The molecule has 0 atom stereocenters. The first-order chi connectivity index (χ1) is 17.5. The van der Waals surface area contributed by atoms with E-state index >= 15 is 0 Å². The van der Waals surface area contributed by atoms with Crippen LogP contribution in [0.2, 0.25) is 0 Å². The lowest BCUT2D eigenvalue weighted by Crippen LogP contribution is -2.30. The summed E-state index contributed by atoms with van der Waals surface area (Å²) in [5.74, 6) is -0.160. The van der Waals surface area contributed by atoms with Crippen molar-refractivity contribution in [3.05, 3.63) is 114 Å². The van der Waals surface area contributed by atoms with Crippen molar-refractivity contribution in [3.8, 4) is 11.1 Å². The van der Waals surface area contributed by atoms with Crippen LogP contribution < -0.4 is 10.0 Å². The van der Waals surface area contributed by atoms with Crippen molar-refractivity contribution in [1.82, 2.24) is 14.3 Å². The molecule has 0 unspecified atom stereocenters. The summed E-state index contributed by atoms with van der Waals surface area (Å²) < 4.78 is 29.5. The molecule has 0 aliphatic heterocycles. The van der Waals surface area contributed by atoms with E-state index in [0.717, 1.165) is 22.2 Å². The Balaban J connectivity index is 1.46. The van der Waals surface area contributed by atoms with Crippen molar-refractivity contribution in [1.29, 1.82) is 0 Å². The molecule has 5 aromatic rings. The number of aromatic nitrogens is 2. The maximum atomic E-state index is 13.0. The summed E-state index contributed by atoms with van der Waals surface area (Å²) in [5, 5.41) is 3.08. The van der Waals surface area contributed by atoms with E-state index in [9.17, 15) is 13.2 Å². The maximum Gasteiger partial charge on any atom is 0.267 e. The number of nitrogens with zero attached hydrogens (tertiary/aromatic N) is 2. The molecule has 0 saturated heterocycles. The summed E-state index contributed by atoms with van der Waals surface area (Å²) in [5.41, 5.74) is 4.66. The molecule has 1 aromatic heterocycles. The number of benzene rings is 4. The second kappa shape index (κ2) is 9.67. The zero-order chi connectivity index (χ0) is 25.1. The summed E-state index contributed by atoms with van der Waals surface area (Å²) in [6, 6.07) is 31.4. The van der Waals surface area contributed by atoms with Crippen LogP contribution in [-0.2, 0) is 16.6 Å². The highest BCUT2D eigenvalue weighted by Gasteiger charge is 2.22. The molecule has 1 heterocycles. The van der Waals surface area contributed by atoms with Gasteiger partial charge in [-0.05, 0) is 41.0 Å². The number of imidazole rings is 1. The third kappa shape index (κ3) is 4.58. The molecule has 36 heavy (non-hydrogen) atoms. The Bertz CT molecular complexity index is 1630. The highest BCUT2D eigenvalue weighted by atomic mass is 32.2. The minimum atomic E-state index is -4.01. The topological polar surface area (TPSA) is 93.1 Å². The third-order valence-corrected chi connectivity index (χ3v) is 7.28. The van der Waals surface area contributed by atoms with E-state index < -0.39 is 15.9 Å². The fraction of sp³-hybridized carbons (Fsp3) is 0.0714. The lowest BCUT2D eigenvalue weighted by atomic mass is 10.0. The maximum absolute atomic E-state index is 13.0. The number of fused-ring (bicyclic) bond motifs is 1. The van der Waals surface area contributed by atoms with E-state index in [2.05, 4.69) is 51.4 Å². The standard InChI is InChI=1S/C28H24N4O3S/c1-29-28-30-26-24(27(33)31-36(34,35)23-11-6-3-7-12-23)13-8-14-25(26)32(28)19-20-15-17-22(18-16-20)21-9-4-2-5-10-21/h2-18H,19H2,1H3,(H,29,30)(H,31,33). The number of para-hydroxylation sites is 1. The highest BCUT2D eigenvalue weighted by Crippen LogP contribution is 2.26. The van der Waals surface area contributed by atoms with Gasteiger partial charge in [-0.1, -0.05) is 78.9 Å². The second-order valence-corrected chi connectivity index (χ2v) is 9.94. The van der Waals surface area contributed by atoms with E-state index in [1.54, 1.807) is 37.4 Å². The van der Waals surface area contributed by atoms with Gasteiger partial charge in [0.2, 0.25) is 5.95 Å². The molecular weight excluding hydrogens is 472 g/mol. The molecule has 4 aromatic carbocycles. The van der Waals surface area contributed by atoms with Crippen molar-refractivity contribution in [2.75, 3.05) is 12.4 Å². The SMILES string of the molecule is CNc1nc2c(C(=O)NS(=O)(=O)c3ccccc3)cccc2n1Cc1ccc(-c2ccccc2)cc1. The average Bonchev–Trinajstić information content (AvgIpc) is 3.27. The predicted octanol–water partition coefficient (Wildman–Crippen LogP) is 4.91. The number of hydrogen-bond acceptors (Lipinski definition) is 5. The summed E-state index contributed by atoms with van der Waals surface area (Å²) >= 11 is 0. The number of carbonyl (C=O) groups is 1. The molecule has 0 aliphatic rings. The number of anilines is 1. The lowest BCUT2D eigenvalue weighted by molar-refractivity contribution is 0.0983. The van der Waals surface area contributed by atoms with Crippen LogP contribution in [0.15, 0.2) is 108 Å². The second-order valence-electron chi connectivity index (χ2n) is 8.26. The molecule has 0 aliphatic carbocycles. The Morgan fingerprint density at radius 1 is 0.806 bits per heavy atom. The first-order valence-corrected chi connectivity index (χ1v) is 12.9. The number of hydrogen-bond donors (Lipinski definition) is 2. The summed E-state index contributed by atoms with van der Waals surface area (Å²) in [6.45, 7) is 0.523. The van der Waals surface area contributed by atoms with Gasteiger partial charge in [0.15, 0.2) is 0 Å². The van der Waals surface area contributed by atoms with E-state index in [-0.39, 0.29) is 10.5 Å². The smallest absolute Gasteiger partial charge is 0.267 e. The van der Waals surface area contributed by atoms with E-state index in [1.165, 1.54) is 12.1 Å². The van der Waals surface area contributed by atoms with Crippen LogP contribution in [0, 0.1) is 0 Å². The number of amides is 1. The molecule has 5 rings (SSSR count). The third-order valence-electron chi connectivity index (χ3n) is 5.93. The first kappa shape index (κ1) is 23.3.